The van der Waals surface area contributed by atoms with Crippen LogP contribution in [0.25, 0.3) is 0 Å². The van der Waals surface area contributed by atoms with E-state index in [0.29, 0.717) is 5.15 Å². The van der Waals surface area contributed by atoms with E-state index in [9.17, 15) is 0 Å². The zero-order valence-corrected chi connectivity index (χ0v) is 10.8. The lowest BCUT2D eigenvalue weighted by Crippen LogP contribution is -1.99. The topological polar surface area (TPSA) is 24.9 Å². The molecule has 16 heavy (non-hydrogen) atoms. The Morgan fingerprint density at radius 1 is 1.25 bits per heavy atom. The zero-order chi connectivity index (χ0) is 11.4. The van der Waals surface area contributed by atoms with Crippen molar-refractivity contribution in [2.75, 3.05) is 5.32 Å². The van der Waals surface area contributed by atoms with Gasteiger partial charge in [-0.1, -0.05) is 41.9 Å². The molecule has 0 aliphatic rings. The molecule has 0 fully saturated rings. The highest BCUT2D eigenvalue weighted by Crippen LogP contribution is 2.23. The summed E-state index contributed by atoms with van der Waals surface area (Å²) >= 11 is 9.15. The smallest absolute Gasteiger partial charge is 0.143 e. The minimum absolute atomic E-state index is 0.477. The molecule has 1 N–H and O–H groups in total. The van der Waals surface area contributed by atoms with Gasteiger partial charge in [-0.25, -0.2) is 4.98 Å². The first-order chi connectivity index (χ1) is 7.75. The highest BCUT2D eigenvalue weighted by molar-refractivity contribution is 9.10. The summed E-state index contributed by atoms with van der Waals surface area (Å²) in [5.41, 5.74) is 2.17. The van der Waals surface area contributed by atoms with Gasteiger partial charge in [0.15, 0.2) is 0 Å². The molecule has 0 atom stereocenters. The third-order valence-electron chi connectivity index (χ3n) is 2.14. The van der Waals surface area contributed by atoms with Gasteiger partial charge in [0.2, 0.25) is 0 Å². The molecule has 1 aromatic carbocycles. The van der Waals surface area contributed by atoms with Gasteiger partial charge in [0.25, 0.3) is 0 Å². The van der Waals surface area contributed by atoms with Crippen LogP contribution in [0.1, 0.15) is 5.56 Å². The Kier molecular flexibility index (Phi) is 3.80. The van der Waals surface area contributed by atoms with Crippen molar-refractivity contribution in [1.82, 2.24) is 4.98 Å². The summed E-state index contributed by atoms with van der Waals surface area (Å²) in [6.07, 6.45) is 1.72. The summed E-state index contributed by atoms with van der Waals surface area (Å²) in [6.45, 7) is 0.774. The van der Waals surface area contributed by atoms with Crippen LogP contribution in [-0.4, -0.2) is 4.98 Å². The molecule has 82 valence electrons. The van der Waals surface area contributed by atoms with Gasteiger partial charge in [0.05, 0.1) is 16.4 Å². The number of aromatic nitrogens is 1. The van der Waals surface area contributed by atoms with Crippen LogP contribution in [0.3, 0.4) is 0 Å². The van der Waals surface area contributed by atoms with Gasteiger partial charge >= 0.3 is 0 Å². The fourth-order valence-electron chi connectivity index (χ4n) is 1.32. The second-order valence-electron chi connectivity index (χ2n) is 3.34. The van der Waals surface area contributed by atoms with E-state index in [1.54, 1.807) is 6.20 Å². The summed E-state index contributed by atoms with van der Waals surface area (Å²) in [6, 6.07) is 12.1. The SMILES string of the molecule is Clc1ncc(NCc2ccccc2)cc1Br. The van der Waals surface area contributed by atoms with E-state index in [-0.39, 0.29) is 0 Å². The van der Waals surface area contributed by atoms with Gasteiger partial charge in [0, 0.05) is 6.54 Å². The Labute approximate surface area is 108 Å². The number of nitrogens with zero attached hydrogens (tertiary/aromatic N) is 1. The molecule has 0 spiro atoms. The number of halogens is 2. The van der Waals surface area contributed by atoms with E-state index in [0.717, 1.165) is 16.7 Å². The molecule has 2 rings (SSSR count). The van der Waals surface area contributed by atoms with Crippen LogP contribution in [0.4, 0.5) is 5.69 Å². The number of nitrogens with one attached hydrogen (secondary N) is 1. The summed E-state index contributed by atoms with van der Waals surface area (Å²) in [7, 11) is 0. The highest BCUT2D eigenvalue weighted by Gasteiger charge is 1.99. The molecule has 2 nitrogen and oxygen atoms in total. The molecule has 1 aromatic heterocycles. The maximum atomic E-state index is 5.81. The van der Waals surface area contributed by atoms with E-state index in [2.05, 4.69) is 38.4 Å². The van der Waals surface area contributed by atoms with Gasteiger partial charge < -0.3 is 5.32 Å². The molecule has 0 saturated carbocycles. The lowest BCUT2D eigenvalue weighted by Gasteiger charge is -2.06. The molecule has 2 aromatic rings. The largest absolute Gasteiger partial charge is 0.380 e. The number of pyridine rings is 1. The van der Waals surface area contributed by atoms with Crippen LogP contribution in [0.15, 0.2) is 47.1 Å². The second-order valence-corrected chi connectivity index (χ2v) is 4.55. The third kappa shape index (κ3) is 2.97. The van der Waals surface area contributed by atoms with E-state index in [1.807, 2.05) is 24.3 Å². The summed E-state index contributed by atoms with van der Waals surface area (Å²) in [5.74, 6) is 0. The van der Waals surface area contributed by atoms with Crippen LogP contribution in [0.2, 0.25) is 5.15 Å². The molecule has 0 aliphatic carbocycles. The normalized spacial score (nSPS) is 10.1. The number of hydrogen-bond donors (Lipinski definition) is 1. The van der Waals surface area contributed by atoms with Crippen LogP contribution in [0.5, 0.6) is 0 Å². The Morgan fingerprint density at radius 3 is 2.69 bits per heavy atom. The van der Waals surface area contributed by atoms with Gasteiger partial charge in [0.1, 0.15) is 5.15 Å². The average molecular weight is 298 g/mol. The van der Waals surface area contributed by atoms with Crippen LogP contribution < -0.4 is 5.32 Å². The first-order valence-corrected chi connectivity index (χ1v) is 6.01. The van der Waals surface area contributed by atoms with Crippen molar-refractivity contribution in [3.05, 3.63) is 57.8 Å². The van der Waals surface area contributed by atoms with Gasteiger partial charge in [-0.15, -0.1) is 0 Å². The van der Waals surface area contributed by atoms with Crippen molar-refractivity contribution in [3.63, 3.8) is 0 Å². The summed E-state index contributed by atoms with van der Waals surface area (Å²) in [4.78, 5) is 4.05. The minimum Gasteiger partial charge on any atom is -0.380 e. The highest BCUT2D eigenvalue weighted by atomic mass is 79.9. The predicted molar refractivity (Wildman–Crippen MR) is 70.7 cm³/mol. The zero-order valence-electron chi connectivity index (χ0n) is 8.45. The Bertz CT molecular complexity index is 474. The molecular formula is C12H10BrClN2. The summed E-state index contributed by atoms with van der Waals surface area (Å²) < 4.78 is 0.798. The van der Waals surface area contributed by atoms with E-state index in [1.165, 1.54) is 5.56 Å². The number of rotatable bonds is 3. The number of hydrogen-bond acceptors (Lipinski definition) is 2. The number of anilines is 1. The van der Waals surface area contributed by atoms with Crippen LogP contribution >= 0.6 is 27.5 Å². The van der Waals surface area contributed by atoms with E-state index >= 15 is 0 Å². The predicted octanol–water partition coefficient (Wildman–Crippen LogP) is 4.11. The van der Waals surface area contributed by atoms with Crippen molar-refractivity contribution in [2.45, 2.75) is 6.54 Å². The molecule has 0 amide bonds. The van der Waals surface area contributed by atoms with Crippen molar-refractivity contribution in [3.8, 4) is 0 Å². The average Bonchev–Trinajstić information content (AvgIpc) is 2.32. The first kappa shape index (κ1) is 11.4. The van der Waals surface area contributed by atoms with Crippen LogP contribution in [-0.2, 0) is 6.54 Å². The van der Waals surface area contributed by atoms with Crippen LogP contribution in [0, 0.1) is 0 Å². The van der Waals surface area contributed by atoms with Crippen molar-refractivity contribution in [2.24, 2.45) is 0 Å². The second kappa shape index (κ2) is 5.32. The Balaban J connectivity index is 2.03. The molecule has 0 radical (unpaired) electrons. The van der Waals surface area contributed by atoms with Gasteiger partial charge in [-0.3, -0.25) is 0 Å². The van der Waals surface area contributed by atoms with Gasteiger partial charge in [-0.2, -0.15) is 0 Å². The third-order valence-corrected chi connectivity index (χ3v) is 3.27. The molecule has 1 heterocycles. The fraction of sp³-hybridized carbons (Fsp3) is 0.0833. The lowest BCUT2D eigenvalue weighted by molar-refractivity contribution is 1.13. The Hall–Kier alpha value is -1.06. The number of benzene rings is 1. The molecule has 0 unspecified atom stereocenters. The lowest BCUT2D eigenvalue weighted by atomic mass is 10.2. The standard InChI is InChI=1S/C12H10BrClN2/c13-11-6-10(8-16-12(11)14)15-7-9-4-2-1-3-5-9/h1-6,8,15H,7H2. The van der Waals surface area contributed by atoms with Crippen molar-refractivity contribution in [1.29, 1.82) is 0 Å². The van der Waals surface area contributed by atoms with Crippen molar-refractivity contribution >= 4 is 33.2 Å². The quantitative estimate of drug-likeness (QED) is 0.862. The summed E-state index contributed by atoms with van der Waals surface area (Å²) in [5, 5.41) is 3.75. The monoisotopic (exact) mass is 296 g/mol. The molecule has 0 aliphatic heterocycles. The van der Waals surface area contributed by atoms with E-state index < -0.39 is 0 Å². The maximum absolute atomic E-state index is 5.81. The Morgan fingerprint density at radius 2 is 2.00 bits per heavy atom. The molecule has 0 bridgehead atoms. The molecule has 0 saturated heterocycles. The maximum Gasteiger partial charge on any atom is 0.143 e. The molecular weight excluding hydrogens is 288 g/mol. The van der Waals surface area contributed by atoms with E-state index in [4.69, 9.17) is 11.6 Å². The van der Waals surface area contributed by atoms with Gasteiger partial charge in [-0.05, 0) is 27.6 Å². The van der Waals surface area contributed by atoms with Crippen molar-refractivity contribution < 1.29 is 0 Å². The fourth-order valence-corrected chi connectivity index (χ4v) is 1.77. The molecule has 4 heteroatoms. The minimum atomic E-state index is 0.477. The first-order valence-electron chi connectivity index (χ1n) is 4.84.